The summed E-state index contributed by atoms with van der Waals surface area (Å²) in [6, 6.07) is 23.2. The number of aromatic nitrogens is 4. The van der Waals surface area contributed by atoms with Crippen LogP contribution in [0.5, 0.6) is 0 Å². The van der Waals surface area contributed by atoms with E-state index in [9.17, 15) is 0 Å². The largest absolute Gasteiger partial charge is 2.00 e. The Morgan fingerprint density at radius 3 is 0.658 bits per heavy atom. The molecule has 0 saturated carbocycles. The molecule has 0 amide bonds. The first-order valence-corrected chi connectivity index (χ1v) is 9.29. The van der Waals surface area contributed by atoms with E-state index in [4.69, 9.17) is 41.5 Å². The number of pyridine rings is 4. The first-order valence-electron chi connectivity index (χ1n) is 9.29. The second kappa shape index (κ2) is 31.8. The molecule has 14 heteroatoms. The first kappa shape index (κ1) is 40.0. The van der Waals surface area contributed by atoms with Crippen LogP contribution in [0.3, 0.4) is 0 Å². The van der Waals surface area contributed by atoms with Crippen molar-refractivity contribution in [3.05, 3.63) is 97.6 Å². The second-order valence-electron chi connectivity index (χ2n) is 5.23. The van der Waals surface area contributed by atoms with Gasteiger partial charge in [0.2, 0.25) is 0 Å². The zero-order valence-corrected chi connectivity index (χ0v) is 20.9. The Kier molecular flexibility index (Phi) is 33.5. The number of nitrogens with zero attached hydrogens (tertiary/aromatic N) is 8. The molecule has 0 N–H and O–H groups in total. The van der Waals surface area contributed by atoms with Crippen LogP contribution in [-0.4, -0.2) is 19.9 Å². The Hall–Kier alpha value is -5.20. The average Bonchev–Trinajstić information content (AvgIpc) is 2.93. The molecule has 0 unspecified atom stereocenters. The Labute approximate surface area is 240 Å². The van der Waals surface area contributed by atoms with Gasteiger partial charge in [-0.15, -0.1) is 0 Å². The van der Waals surface area contributed by atoms with Crippen LogP contribution in [0.15, 0.2) is 97.6 Å². The summed E-state index contributed by atoms with van der Waals surface area (Å²) in [5.41, 5.74) is 3.66. The van der Waals surface area contributed by atoms with Crippen LogP contribution in [0.2, 0.25) is 0 Å². The maximum Gasteiger partial charge on any atom is 2.00 e. The number of rotatable bonds is 2. The first-order chi connectivity index (χ1) is 17.6. The summed E-state index contributed by atoms with van der Waals surface area (Å²) in [6.07, 6.45) is 9.07. The van der Waals surface area contributed by atoms with Gasteiger partial charge in [0.15, 0.2) is 0 Å². The van der Waals surface area contributed by atoms with Crippen molar-refractivity contribution >= 4 is 0 Å². The SMILES string of the molecule is N#C[O-].N#C[O-].N#C[O-].N#C[O-].[Cu+2].[Cu+2].c1ccc(-c2ccccn2)nc1.c1ccc(-c2ccccn2)nc1. The van der Waals surface area contributed by atoms with Crippen molar-refractivity contribution in [2.75, 3.05) is 0 Å². The fraction of sp³-hybridized carbons (Fsp3) is 0. The Balaban J connectivity index is -0.000000209. The molecule has 198 valence electrons. The number of nitriles is 4. The fourth-order valence-electron chi connectivity index (χ4n) is 2.06. The predicted octanol–water partition coefficient (Wildman–Crippen LogP) is -0.407. The third-order valence-corrected chi connectivity index (χ3v) is 3.18. The standard InChI is InChI=1S/2C10H8N2.4CHNO.2Cu/c2*1-3-7-11-9(5-1)10-6-2-4-8-12-10;4*2-1-3;;/h2*1-8H;4*3H;;/q;;;;;;2*+2/p-4. The summed E-state index contributed by atoms with van der Waals surface area (Å²) in [5, 5.41) is 60.0. The van der Waals surface area contributed by atoms with Gasteiger partial charge in [0.1, 0.15) is 0 Å². The molecule has 4 rings (SSSR count). The molecule has 0 saturated heterocycles. The molecular weight excluding hydrogens is 591 g/mol. The minimum atomic E-state index is 0. The smallest absolute Gasteiger partial charge is 0.812 e. The Morgan fingerprint density at radius 1 is 0.395 bits per heavy atom. The Bertz CT molecular complexity index is 1020. The molecule has 4 aromatic heterocycles. The van der Waals surface area contributed by atoms with Gasteiger partial charge in [0.25, 0.3) is 0 Å². The van der Waals surface area contributed by atoms with Crippen molar-refractivity contribution in [1.29, 1.82) is 21.0 Å². The zero-order valence-electron chi connectivity index (χ0n) is 19.1. The molecule has 12 nitrogen and oxygen atoms in total. The molecule has 0 bridgehead atoms. The van der Waals surface area contributed by atoms with E-state index in [1.54, 1.807) is 24.8 Å². The van der Waals surface area contributed by atoms with Gasteiger partial charge in [0.05, 0.1) is 22.8 Å². The van der Waals surface area contributed by atoms with Crippen molar-refractivity contribution in [1.82, 2.24) is 19.9 Å². The van der Waals surface area contributed by atoms with Gasteiger partial charge in [-0.3, -0.25) is 19.9 Å². The zero-order chi connectivity index (χ0) is 27.3. The van der Waals surface area contributed by atoms with Crippen LogP contribution >= 0.6 is 0 Å². The van der Waals surface area contributed by atoms with Gasteiger partial charge < -0.3 is 20.4 Å². The third kappa shape index (κ3) is 22.6. The van der Waals surface area contributed by atoms with Crippen molar-refractivity contribution in [3.63, 3.8) is 0 Å². The molecule has 0 atom stereocenters. The van der Waals surface area contributed by atoms with Gasteiger partial charge in [-0.05, 0) is 48.5 Å². The van der Waals surface area contributed by atoms with E-state index < -0.39 is 0 Å². The van der Waals surface area contributed by atoms with Crippen molar-refractivity contribution in [3.8, 4) is 47.8 Å². The fourth-order valence-corrected chi connectivity index (χ4v) is 2.06. The van der Waals surface area contributed by atoms with Gasteiger partial charge in [-0.25, -0.2) is 21.0 Å². The maximum atomic E-state index is 8.24. The van der Waals surface area contributed by atoms with E-state index in [-0.39, 0.29) is 34.1 Å². The summed E-state index contributed by atoms with van der Waals surface area (Å²) in [7, 11) is 0. The molecule has 0 aromatic carbocycles. The van der Waals surface area contributed by atoms with Gasteiger partial charge >= 0.3 is 34.1 Å². The average molecular weight is 608 g/mol. The van der Waals surface area contributed by atoms with Crippen LogP contribution in [0.1, 0.15) is 0 Å². The van der Waals surface area contributed by atoms with Crippen LogP contribution in [0.25, 0.3) is 22.8 Å². The molecule has 0 aliphatic carbocycles. The topological polar surface area (TPSA) is 239 Å². The van der Waals surface area contributed by atoms with Crippen molar-refractivity contribution < 1.29 is 54.6 Å². The van der Waals surface area contributed by atoms with Crippen LogP contribution < -0.4 is 20.4 Å². The Morgan fingerprint density at radius 2 is 0.553 bits per heavy atom. The van der Waals surface area contributed by atoms with Gasteiger partial charge in [-0.1, -0.05) is 24.3 Å². The van der Waals surface area contributed by atoms with Gasteiger partial charge in [0, 0.05) is 49.8 Å². The number of hydrogen-bond acceptors (Lipinski definition) is 12. The van der Waals surface area contributed by atoms with E-state index in [0.29, 0.717) is 25.0 Å². The monoisotopic (exact) mass is 606 g/mol. The number of hydrogen-bond donors (Lipinski definition) is 0. The molecular formula is C24H16Cu2N8O4. The van der Waals surface area contributed by atoms with Crippen molar-refractivity contribution in [2.24, 2.45) is 0 Å². The van der Waals surface area contributed by atoms with E-state index in [0.717, 1.165) is 22.8 Å². The van der Waals surface area contributed by atoms with Gasteiger partial charge in [-0.2, -0.15) is 0 Å². The van der Waals surface area contributed by atoms with E-state index >= 15 is 0 Å². The molecule has 0 spiro atoms. The normalized spacial score (nSPS) is 6.84. The molecule has 0 aliphatic heterocycles. The maximum absolute atomic E-state index is 8.24. The molecule has 4 heterocycles. The second-order valence-corrected chi connectivity index (χ2v) is 5.23. The third-order valence-electron chi connectivity index (χ3n) is 3.18. The van der Waals surface area contributed by atoms with Crippen LogP contribution in [0, 0.1) is 46.1 Å². The van der Waals surface area contributed by atoms with E-state index in [1.807, 2.05) is 72.8 Å². The van der Waals surface area contributed by atoms with Crippen LogP contribution in [0.4, 0.5) is 0 Å². The summed E-state index contributed by atoms with van der Waals surface area (Å²) in [6.45, 7) is 0. The predicted molar refractivity (Wildman–Crippen MR) is 117 cm³/mol. The van der Waals surface area contributed by atoms with E-state index in [2.05, 4.69) is 19.9 Å². The summed E-state index contributed by atoms with van der Waals surface area (Å²) < 4.78 is 0. The molecule has 4 aromatic rings. The molecule has 2 radical (unpaired) electrons. The summed E-state index contributed by atoms with van der Waals surface area (Å²) >= 11 is 0. The quantitative estimate of drug-likeness (QED) is 0.209. The van der Waals surface area contributed by atoms with Crippen LogP contribution in [-0.2, 0) is 34.1 Å². The minimum absolute atomic E-state index is 0. The molecule has 0 fully saturated rings. The molecule has 38 heavy (non-hydrogen) atoms. The molecule has 0 aliphatic rings. The van der Waals surface area contributed by atoms with E-state index in [1.165, 1.54) is 0 Å². The summed E-state index contributed by atoms with van der Waals surface area (Å²) in [4.78, 5) is 16.7. The minimum Gasteiger partial charge on any atom is -0.812 e. The van der Waals surface area contributed by atoms with Crippen molar-refractivity contribution in [2.45, 2.75) is 0 Å². The summed E-state index contributed by atoms with van der Waals surface area (Å²) in [5.74, 6) is 0.